The van der Waals surface area contributed by atoms with Gasteiger partial charge in [-0.2, -0.15) is 0 Å². The van der Waals surface area contributed by atoms with Gasteiger partial charge in [0.05, 0.1) is 19.9 Å². The van der Waals surface area contributed by atoms with Gasteiger partial charge < -0.3 is 14.4 Å². The molecule has 17 heavy (non-hydrogen) atoms. The van der Waals surface area contributed by atoms with Gasteiger partial charge in [0.1, 0.15) is 16.7 Å². The molecule has 0 aromatic heterocycles. The minimum Gasteiger partial charge on any atom is -0.496 e. The molecule has 92 valence electrons. The number of carbonyl (C=O) groups is 1. The predicted octanol–water partition coefficient (Wildman–Crippen LogP) is 2.08. The van der Waals surface area contributed by atoms with Crippen LogP contribution in [-0.2, 0) is 4.79 Å². The van der Waals surface area contributed by atoms with E-state index < -0.39 is 0 Å². The maximum Gasteiger partial charge on any atom is 0.244 e. The van der Waals surface area contributed by atoms with E-state index in [1.54, 1.807) is 26.2 Å². The predicted molar refractivity (Wildman–Crippen MR) is 69.2 cm³/mol. The summed E-state index contributed by atoms with van der Waals surface area (Å²) in [4.78, 5) is 13.8. The molecule has 0 bridgehead atoms. The van der Waals surface area contributed by atoms with Crippen molar-refractivity contribution in [1.82, 2.24) is 0 Å². The van der Waals surface area contributed by atoms with Crippen LogP contribution in [0.5, 0.6) is 11.5 Å². The van der Waals surface area contributed by atoms with E-state index in [0.29, 0.717) is 5.75 Å². The van der Waals surface area contributed by atoms with Crippen LogP contribution in [0.2, 0.25) is 0 Å². The Morgan fingerprint density at radius 1 is 1.24 bits per heavy atom. The van der Waals surface area contributed by atoms with Crippen LogP contribution in [0.1, 0.15) is 10.8 Å². The Labute approximate surface area is 105 Å². The summed E-state index contributed by atoms with van der Waals surface area (Å²) in [5, 5.41) is -0.208. The number of ether oxygens (including phenoxy) is 2. The third-order valence-electron chi connectivity index (χ3n) is 2.97. The van der Waals surface area contributed by atoms with Crippen molar-refractivity contribution in [2.24, 2.45) is 0 Å². The van der Waals surface area contributed by atoms with Gasteiger partial charge in [0, 0.05) is 12.6 Å². The van der Waals surface area contributed by atoms with Crippen molar-refractivity contribution >= 4 is 23.4 Å². The first-order valence-corrected chi connectivity index (χ1v) is 6.49. The van der Waals surface area contributed by atoms with Crippen molar-refractivity contribution in [1.29, 1.82) is 0 Å². The average Bonchev–Trinajstić information content (AvgIpc) is 2.61. The van der Waals surface area contributed by atoms with Crippen LogP contribution in [0.4, 0.5) is 5.69 Å². The number of carbonyl (C=O) groups excluding carboxylic acids is 1. The van der Waals surface area contributed by atoms with Crippen molar-refractivity contribution in [2.75, 3.05) is 32.4 Å². The van der Waals surface area contributed by atoms with E-state index >= 15 is 0 Å². The summed E-state index contributed by atoms with van der Waals surface area (Å²) < 4.78 is 10.6. The number of likely N-dealkylation sites (N-methyl/N-ethyl adjacent to an activating group) is 1. The Morgan fingerprint density at radius 3 is 2.35 bits per heavy atom. The molecule has 5 heteroatoms. The first-order chi connectivity index (χ1) is 8.15. The summed E-state index contributed by atoms with van der Waals surface area (Å²) in [6.07, 6.45) is 1.92. The van der Waals surface area contributed by atoms with Crippen molar-refractivity contribution in [3.05, 3.63) is 17.7 Å². The molecule has 0 radical (unpaired) electrons. The first-order valence-electron chi connectivity index (χ1n) is 5.21. The number of benzene rings is 1. The highest BCUT2D eigenvalue weighted by molar-refractivity contribution is 7.99. The average molecular weight is 253 g/mol. The van der Waals surface area contributed by atoms with Crippen molar-refractivity contribution in [3.8, 4) is 11.5 Å². The Kier molecular flexibility index (Phi) is 3.19. The van der Waals surface area contributed by atoms with Gasteiger partial charge in [-0.15, -0.1) is 11.8 Å². The second-order valence-electron chi connectivity index (χ2n) is 3.75. The molecule has 1 aliphatic heterocycles. The van der Waals surface area contributed by atoms with E-state index in [4.69, 9.17) is 9.47 Å². The second kappa shape index (κ2) is 4.49. The van der Waals surface area contributed by atoms with Crippen LogP contribution in [0.15, 0.2) is 12.1 Å². The van der Waals surface area contributed by atoms with Crippen LogP contribution in [0.25, 0.3) is 0 Å². The largest absolute Gasteiger partial charge is 0.496 e. The van der Waals surface area contributed by atoms with E-state index in [-0.39, 0.29) is 11.2 Å². The minimum absolute atomic E-state index is 0.0651. The second-order valence-corrected chi connectivity index (χ2v) is 4.69. The van der Waals surface area contributed by atoms with Crippen LogP contribution in [-0.4, -0.2) is 33.4 Å². The highest BCUT2D eigenvalue weighted by Crippen LogP contribution is 2.50. The third kappa shape index (κ3) is 1.65. The topological polar surface area (TPSA) is 38.8 Å². The molecule has 0 saturated heterocycles. The maximum atomic E-state index is 12.1. The van der Waals surface area contributed by atoms with Crippen LogP contribution < -0.4 is 14.4 Å². The SMILES string of the molecule is COc1ccc(OC)c2c1C(SC)C(=O)N2C. The Bertz CT molecular complexity index is 461. The molecular formula is C12H15NO3S. The number of hydrogen-bond acceptors (Lipinski definition) is 4. The number of anilines is 1. The van der Waals surface area contributed by atoms with E-state index in [1.165, 1.54) is 11.8 Å². The number of nitrogens with zero attached hydrogens (tertiary/aromatic N) is 1. The van der Waals surface area contributed by atoms with Gasteiger partial charge in [0.25, 0.3) is 0 Å². The number of rotatable bonds is 3. The molecule has 1 unspecified atom stereocenters. The molecular weight excluding hydrogens is 238 g/mol. The smallest absolute Gasteiger partial charge is 0.244 e. The van der Waals surface area contributed by atoms with Gasteiger partial charge >= 0.3 is 0 Å². The molecule has 1 atom stereocenters. The lowest BCUT2D eigenvalue weighted by atomic mass is 10.1. The fourth-order valence-corrected chi connectivity index (χ4v) is 2.96. The number of fused-ring (bicyclic) bond motifs is 1. The van der Waals surface area contributed by atoms with E-state index in [9.17, 15) is 4.79 Å². The standard InChI is InChI=1S/C12H15NO3S/c1-13-10-8(16-3)6-5-7(15-2)9(10)11(17-4)12(13)14/h5-6,11H,1-4H3. The normalized spacial score (nSPS) is 18.2. The van der Waals surface area contributed by atoms with Crippen LogP contribution in [0.3, 0.4) is 0 Å². The quantitative estimate of drug-likeness (QED) is 0.826. The highest BCUT2D eigenvalue weighted by atomic mass is 32.2. The van der Waals surface area contributed by atoms with Gasteiger partial charge in [-0.25, -0.2) is 0 Å². The molecule has 0 spiro atoms. The van der Waals surface area contributed by atoms with E-state index in [0.717, 1.165) is 17.0 Å². The fourth-order valence-electron chi connectivity index (χ4n) is 2.14. The molecule has 0 N–H and O–H groups in total. The molecule has 1 aromatic carbocycles. The molecule has 1 heterocycles. The summed E-state index contributed by atoms with van der Waals surface area (Å²) >= 11 is 1.51. The molecule has 0 fully saturated rings. The zero-order valence-electron chi connectivity index (χ0n) is 10.3. The van der Waals surface area contributed by atoms with Crippen molar-refractivity contribution in [2.45, 2.75) is 5.25 Å². The number of hydrogen-bond donors (Lipinski definition) is 0. The number of thioether (sulfide) groups is 1. The van der Waals surface area contributed by atoms with Crippen LogP contribution in [0, 0.1) is 0 Å². The van der Waals surface area contributed by atoms with Gasteiger partial charge in [-0.3, -0.25) is 4.79 Å². The zero-order chi connectivity index (χ0) is 12.6. The highest BCUT2D eigenvalue weighted by Gasteiger charge is 2.39. The summed E-state index contributed by atoms with van der Waals surface area (Å²) in [6.45, 7) is 0. The molecule has 1 aliphatic rings. The fraction of sp³-hybridized carbons (Fsp3) is 0.417. The Morgan fingerprint density at radius 2 is 1.82 bits per heavy atom. The lowest BCUT2D eigenvalue weighted by molar-refractivity contribution is -0.117. The molecule has 0 saturated carbocycles. The van der Waals surface area contributed by atoms with Gasteiger partial charge in [-0.1, -0.05) is 0 Å². The van der Waals surface area contributed by atoms with E-state index in [1.807, 2.05) is 18.4 Å². The summed E-state index contributed by atoms with van der Waals surface area (Å²) in [7, 11) is 4.98. The van der Waals surface area contributed by atoms with Crippen LogP contribution >= 0.6 is 11.8 Å². The molecule has 4 nitrogen and oxygen atoms in total. The van der Waals surface area contributed by atoms with Crippen molar-refractivity contribution in [3.63, 3.8) is 0 Å². The number of methoxy groups -OCH3 is 2. The van der Waals surface area contributed by atoms with Gasteiger partial charge in [0.2, 0.25) is 5.91 Å². The van der Waals surface area contributed by atoms with Gasteiger partial charge in [-0.05, 0) is 18.4 Å². The Balaban J connectivity index is 2.68. The maximum absolute atomic E-state index is 12.1. The molecule has 2 rings (SSSR count). The minimum atomic E-state index is -0.208. The van der Waals surface area contributed by atoms with E-state index in [2.05, 4.69) is 0 Å². The third-order valence-corrected chi connectivity index (χ3v) is 3.88. The summed E-state index contributed by atoms with van der Waals surface area (Å²) in [6, 6.07) is 3.66. The Hall–Kier alpha value is -1.36. The summed E-state index contributed by atoms with van der Waals surface area (Å²) in [5.74, 6) is 1.50. The monoisotopic (exact) mass is 253 g/mol. The number of amides is 1. The molecule has 1 aromatic rings. The van der Waals surface area contributed by atoms with Gasteiger partial charge in [0.15, 0.2) is 0 Å². The zero-order valence-corrected chi connectivity index (χ0v) is 11.1. The van der Waals surface area contributed by atoms with Crippen molar-refractivity contribution < 1.29 is 14.3 Å². The summed E-state index contributed by atoms with van der Waals surface area (Å²) in [5.41, 5.74) is 1.73. The lowest BCUT2D eigenvalue weighted by Crippen LogP contribution is -2.22. The first kappa shape index (κ1) is 12.1. The molecule has 1 amide bonds. The lowest BCUT2D eigenvalue weighted by Gasteiger charge is -2.15. The molecule has 0 aliphatic carbocycles.